The maximum absolute atomic E-state index is 5.47. The number of hydrogen-bond acceptors (Lipinski definition) is 1. The molecule has 0 aliphatic carbocycles. The molecule has 12 heavy (non-hydrogen) atoms. The monoisotopic (exact) mass is 200 g/mol. The van der Waals surface area contributed by atoms with E-state index in [1.54, 1.807) is 0 Å². The summed E-state index contributed by atoms with van der Waals surface area (Å²) in [6, 6.07) is 10.5. The van der Waals surface area contributed by atoms with E-state index in [0.29, 0.717) is 12.5 Å². The Balaban J connectivity index is 2.16. The average molecular weight is 201 g/mol. The van der Waals surface area contributed by atoms with E-state index in [4.69, 9.17) is 16.3 Å². The van der Waals surface area contributed by atoms with Crippen molar-refractivity contribution < 1.29 is 4.74 Å². The van der Waals surface area contributed by atoms with Gasteiger partial charge in [-0.1, -0.05) is 35.5 Å². The smallest absolute Gasteiger partial charge is 0.0848 e. The van der Waals surface area contributed by atoms with Crippen molar-refractivity contribution >= 4 is 26.3 Å². The number of rotatable bonds is 5. The van der Waals surface area contributed by atoms with Crippen LogP contribution in [0.5, 0.6) is 0 Å². The fourth-order valence-corrected chi connectivity index (χ4v) is 2.29. The van der Waals surface area contributed by atoms with Crippen LogP contribution in [0, 0.1) is 0 Å². The van der Waals surface area contributed by atoms with Gasteiger partial charge in [-0.15, -0.1) is 11.6 Å². The Morgan fingerprint density at radius 2 is 2.00 bits per heavy atom. The quantitative estimate of drug-likeness (QED) is 0.386. The van der Waals surface area contributed by atoms with Crippen LogP contribution in [0.2, 0.25) is 0 Å². The van der Waals surface area contributed by atoms with Crippen molar-refractivity contribution in [3.63, 3.8) is 0 Å². The Bertz CT molecular complexity index is 203. The topological polar surface area (TPSA) is 9.23 Å². The molecule has 3 heteroatoms. The van der Waals surface area contributed by atoms with E-state index in [9.17, 15) is 0 Å². The molecule has 66 valence electrons. The zero-order valence-corrected chi connectivity index (χ0v) is 9.17. The number of hydrogen-bond donors (Lipinski definition) is 0. The predicted molar refractivity (Wildman–Crippen MR) is 56.2 cm³/mol. The van der Waals surface area contributed by atoms with E-state index < -0.39 is 0 Å². The van der Waals surface area contributed by atoms with E-state index in [1.165, 1.54) is 5.19 Å². The number of ether oxygens (including phenoxy) is 1. The Kier molecular flexibility index (Phi) is 5.07. The van der Waals surface area contributed by atoms with Crippen LogP contribution in [-0.4, -0.2) is 28.2 Å². The van der Waals surface area contributed by atoms with Crippen molar-refractivity contribution in [1.29, 1.82) is 0 Å². The number of benzene rings is 1. The highest BCUT2D eigenvalue weighted by Crippen LogP contribution is 1.82. The Morgan fingerprint density at radius 1 is 1.25 bits per heavy atom. The third-order valence-electron chi connectivity index (χ3n) is 1.60. The molecule has 0 aromatic heterocycles. The van der Waals surface area contributed by atoms with Gasteiger partial charge in [0.15, 0.2) is 0 Å². The molecule has 0 saturated carbocycles. The van der Waals surface area contributed by atoms with Crippen molar-refractivity contribution in [2.45, 2.75) is 0 Å². The molecule has 0 saturated heterocycles. The van der Waals surface area contributed by atoms with E-state index in [2.05, 4.69) is 24.3 Å². The van der Waals surface area contributed by atoms with E-state index in [0.717, 1.165) is 6.23 Å². The zero-order chi connectivity index (χ0) is 8.65. The molecule has 0 fully saturated rings. The van der Waals surface area contributed by atoms with Crippen molar-refractivity contribution in [1.82, 2.24) is 0 Å². The predicted octanol–water partition coefficient (Wildman–Crippen LogP) is 0.694. The highest BCUT2D eigenvalue weighted by atomic mass is 35.5. The van der Waals surface area contributed by atoms with Gasteiger partial charge in [-0.3, -0.25) is 0 Å². The van der Waals surface area contributed by atoms with Crippen molar-refractivity contribution in [2.75, 3.05) is 18.7 Å². The molecule has 0 radical (unpaired) electrons. The second-order valence-electron chi connectivity index (χ2n) is 2.54. The lowest BCUT2D eigenvalue weighted by Gasteiger charge is -2.00. The molecular formula is C9H13ClOSi. The summed E-state index contributed by atoms with van der Waals surface area (Å²) in [4.78, 5) is 0. The molecule has 0 N–H and O–H groups in total. The molecule has 1 rings (SSSR count). The van der Waals surface area contributed by atoms with Crippen LogP contribution in [0.15, 0.2) is 30.3 Å². The first-order valence-electron chi connectivity index (χ1n) is 4.11. The van der Waals surface area contributed by atoms with Crippen LogP contribution < -0.4 is 5.19 Å². The van der Waals surface area contributed by atoms with E-state index >= 15 is 0 Å². The molecule has 0 unspecified atom stereocenters. The lowest BCUT2D eigenvalue weighted by molar-refractivity contribution is 0.195. The van der Waals surface area contributed by atoms with Gasteiger partial charge in [0.1, 0.15) is 0 Å². The summed E-state index contributed by atoms with van der Waals surface area (Å²) < 4.78 is 5.32. The van der Waals surface area contributed by atoms with Crippen LogP contribution >= 0.6 is 11.6 Å². The van der Waals surface area contributed by atoms with Gasteiger partial charge in [-0.05, 0) is 0 Å². The van der Waals surface area contributed by atoms with Crippen LogP contribution in [-0.2, 0) is 4.74 Å². The standard InChI is InChI=1S/C9H13ClOSi/c10-6-7-11-8-12-9-4-2-1-3-5-9/h1-5H,6-8,12H2. The second-order valence-corrected chi connectivity index (χ2v) is 4.64. The SMILES string of the molecule is ClCCOC[SiH2]c1ccccc1. The minimum absolute atomic E-state index is 0.213. The molecule has 1 aromatic carbocycles. The lowest BCUT2D eigenvalue weighted by atomic mass is 10.4. The molecule has 0 aliphatic heterocycles. The molecule has 0 amide bonds. The normalized spacial score (nSPS) is 11.1. The lowest BCUT2D eigenvalue weighted by Crippen LogP contribution is -2.19. The summed E-state index contributed by atoms with van der Waals surface area (Å²) in [5.41, 5.74) is 0. The molecule has 0 spiro atoms. The Hall–Kier alpha value is -0.313. The summed E-state index contributed by atoms with van der Waals surface area (Å²) in [6.07, 6.45) is 0.900. The minimum atomic E-state index is -0.213. The van der Waals surface area contributed by atoms with Crippen LogP contribution in [0.4, 0.5) is 0 Å². The molecule has 0 heterocycles. The first kappa shape index (κ1) is 9.77. The largest absolute Gasteiger partial charge is 0.384 e. The van der Waals surface area contributed by atoms with Crippen LogP contribution in [0.25, 0.3) is 0 Å². The fraction of sp³-hybridized carbons (Fsp3) is 0.333. The van der Waals surface area contributed by atoms with Gasteiger partial charge in [0, 0.05) is 12.1 Å². The summed E-state index contributed by atoms with van der Waals surface area (Å²) in [5.74, 6) is 0.600. The van der Waals surface area contributed by atoms with Gasteiger partial charge in [0.05, 0.1) is 16.1 Å². The third-order valence-corrected chi connectivity index (χ3v) is 3.30. The number of halogens is 1. The van der Waals surface area contributed by atoms with Gasteiger partial charge in [0.25, 0.3) is 0 Å². The van der Waals surface area contributed by atoms with Gasteiger partial charge in [-0.25, -0.2) is 0 Å². The molecular weight excluding hydrogens is 188 g/mol. The zero-order valence-electron chi connectivity index (χ0n) is 7.00. The first-order valence-corrected chi connectivity index (χ1v) is 6.35. The second kappa shape index (κ2) is 6.23. The van der Waals surface area contributed by atoms with Crippen molar-refractivity contribution in [3.8, 4) is 0 Å². The maximum Gasteiger partial charge on any atom is 0.0848 e. The fourth-order valence-electron chi connectivity index (χ4n) is 0.991. The van der Waals surface area contributed by atoms with Crippen molar-refractivity contribution in [3.05, 3.63) is 30.3 Å². The molecule has 0 aliphatic rings. The van der Waals surface area contributed by atoms with Gasteiger partial charge in [0.2, 0.25) is 0 Å². The highest BCUT2D eigenvalue weighted by molar-refractivity contribution is 6.53. The molecule has 0 atom stereocenters. The summed E-state index contributed by atoms with van der Waals surface area (Å²) in [7, 11) is -0.213. The maximum atomic E-state index is 5.47. The molecule has 0 bridgehead atoms. The summed E-state index contributed by atoms with van der Waals surface area (Å²) >= 11 is 5.47. The van der Waals surface area contributed by atoms with E-state index in [-0.39, 0.29) is 9.52 Å². The minimum Gasteiger partial charge on any atom is -0.384 e. The van der Waals surface area contributed by atoms with Crippen LogP contribution in [0.3, 0.4) is 0 Å². The third kappa shape index (κ3) is 3.90. The molecule has 1 aromatic rings. The van der Waals surface area contributed by atoms with Gasteiger partial charge in [-0.2, -0.15) is 0 Å². The first-order chi connectivity index (χ1) is 5.93. The number of alkyl halides is 1. The van der Waals surface area contributed by atoms with Crippen molar-refractivity contribution in [2.24, 2.45) is 0 Å². The Morgan fingerprint density at radius 3 is 2.67 bits per heavy atom. The Labute approximate surface area is 80.5 Å². The molecule has 1 nitrogen and oxygen atoms in total. The van der Waals surface area contributed by atoms with Crippen LogP contribution in [0.1, 0.15) is 0 Å². The summed E-state index contributed by atoms with van der Waals surface area (Å²) in [6.45, 7) is 0.682. The van der Waals surface area contributed by atoms with Gasteiger partial charge >= 0.3 is 0 Å². The average Bonchev–Trinajstić information content (AvgIpc) is 2.14. The van der Waals surface area contributed by atoms with Gasteiger partial charge < -0.3 is 4.74 Å². The van der Waals surface area contributed by atoms with E-state index in [1.807, 2.05) is 6.07 Å². The summed E-state index contributed by atoms with van der Waals surface area (Å²) in [5, 5.41) is 1.45. The highest BCUT2D eigenvalue weighted by Gasteiger charge is 1.91.